The van der Waals surface area contributed by atoms with Crippen LogP contribution in [0, 0.1) is 20.8 Å². The van der Waals surface area contributed by atoms with Crippen LogP contribution in [0.2, 0.25) is 0 Å². The van der Waals surface area contributed by atoms with E-state index in [9.17, 15) is 18.0 Å². The second-order valence-corrected chi connectivity index (χ2v) is 12.9. The van der Waals surface area contributed by atoms with Crippen molar-refractivity contribution < 1.29 is 18.0 Å². The number of benzene rings is 4. The minimum absolute atomic E-state index is 0.0815. The van der Waals surface area contributed by atoms with Crippen LogP contribution in [0.15, 0.2) is 108 Å². The lowest BCUT2D eigenvalue weighted by Gasteiger charge is -2.34. The average Bonchev–Trinajstić information content (AvgIpc) is 3.03. The van der Waals surface area contributed by atoms with Crippen LogP contribution in [0.5, 0.6) is 0 Å². The molecule has 0 saturated carbocycles. The summed E-state index contributed by atoms with van der Waals surface area (Å²) in [7, 11) is -4.13. The number of aryl methyl sites for hydroxylation is 3. The zero-order valence-corrected chi connectivity index (χ0v) is 26.7. The topological polar surface area (TPSA) is 86.8 Å². The Labute approximate surface area is 261 Å². The highest BCUT2D eigenvalue weighted by molar-refractivity contribution is 7.92. The summed E-state index contributed by atoms with van der Waals surface area (Å²) in [6.45, 7) is 7.93. The fourth-order valence-electron chi connectivity index (χ4n) is 5.02. The van der Waals surface area contributed by atoms with Gasteiger partial charge in [0.25, 0.3) is 10.0 Å². The Bertz CT molecular complexity index is 1670. The molecule has 0 aromatic heterocycles. The van der Waals surface area contributed by atoms with Crippen molar-refractivity contribution in [2.75, 3.05) is 17.4 Å². The SMILES string of the molecule is CCCNC(=O)[C@H](Cc1ccccc1)N(Cc1ccccc1C)C(=O)CN(c1ccc(C)c(C)c1)S(=O)(=O)c1ccccc1. The van der Waals surface area contributed by atoms with Crippen molar-refractivity contribution in [3.8, 4) is 0 Å². The van der Waals surface area contributed by atoms with Gasteiger partial charge in [-0.1, -0.05) is 85.8 Å². The van der Waals surface area contributed by atoms with Gasteiger partial charge < -0.3 is 10.2 Å². The quantitative estimate of drug-likeness (QED) is 0.202. The van der Waals surface area contributed by atoms with E-state index in [1.165, 1.54) is 17.0 Å². The number of nitrogens with one attached hydrogen (secondary N) is 1. The molecule has 4 aromatic carbocycles. The van der Waals surface area contributed by atoms with Crippen molar-refractivity contribution in [3.05, 3.63) is 131 Å². The van der Waals surface area contributed by atoms with Gasteiger partial charge in [-0.15, -0.1) is 0 Å². The minimum atomic E-state index is -4.13. The molecule has 0 aliphatic carbocycles. The summed E-state index contributed by atoms with van der Waals surface area (Å²) in [5.74, 6) is -0.750. The number of nitrogens with zero attached hydrogens (tertiary/aromatic N) is 2. The molecule has 0 saturated heterocycles. The predicted molar refractivity (Wildman–Crippen MR) is 176 cm³/mol. The Morgan fingerprint density at radius 1 is 0.773 bits per heavy atom. The van der Waals surface area contributed by atoms with Crippen LogP contribution in [0.1, 0.15) is 41.2 Å². The molecule has 4 aromatic rings. The summed E-state index contributed by atoms with van der Waals surface area (Å²) >= 11 is 0. The van der Waals surface area contributed by atoms with Crippen molar-refractivity contribution in [3.63, 3.8) is 0 Å². The van der Waals surface area contributed by atoms with Crippen LogP contribution < -0.4 is 9.62 Å². The molecule has 1 atom stereocenters. The zero-order chi connectivity index (χ0) is 31.7. The first-order valence-corrected chi connectivity index (χ1v) is 16.4. The van der Waals surface area contributed by atoms with E-state index in [0.29, 0.717) is 12.2 Å². The summed E-state index contributed by atoms with van der Waals surface area (Å²) < 4.78 is 29.4. The van der Waals surface area contributed by atoms with E-state index in [1.807, 2.05) is 88.4 Å². The van der Waals surface area contributed by atoms with E-state index in [-0.39, 0.29) is 23.8 Å². The molecule has 0 bridgehead atoms. The molecular formula is C36H41N3O4S. The maximum Gasteiger partial charge on any atom is 0.264 e. The third-order valence-electron chi connectivity index (χ3n) is 7.81. The fourth-order valence-corrected chi connectivity index (χ4v) is 6.45. The first kappa shape index (κ1) is 32.5. The predicted octanol–water partition coefficient (Wildman–Crippen LogP) is 5.97. The van der Waals surface area contributed by atoms with Gasteiger partial charge in [0.2, 0.25) is 11.8 Å². The van der Waals surface area contributed by atoms with Gasteiger partial charge in [-0.25, -0.2) is 8.42 Å². The smallest absolute Gasteiger partial charge is 0.264 e. The first-order chi connectivity index (χ1) is 21.1. The molecule has 4 rings (SSSR count). The molecule has 2 amide bonds. The number of anilines is 1. The average molecular weight is 612 g/mol. The van der Waals surface area contributed by atoms with Crippen LogP contribution in [-0.4, -0.2) is 44.3 Å². The number of rotatable bonds is 13. The first-order valence-electron chi connectivity index (χ1n) is 14.9. The Balaban J connectivity index is 1.81. The molecule has 0 heterocycles. The second kappa shape index (κ2) is 14.8. The summed E-state index contributed by atoms with van der Waals surface area (Å²) in [5, 5.41) is 2.98. The normalized spacial score (nSPS) is 11.9. The van der Waals surface area contributed by atoms with Crippen LogP contribution in [0.3, 0.4) is 0 Å². The van der Waals surface area contributed by atoms with E-state index in [4.69, 9.17) is 0 Å². The van der Waals surface area contributed by atoms with E-state index in [0.717, 1.165) is 38.5 Å². The standard InChI is InChI=1S/C36H41N3O4S/c1-5-22-37-36(41)34(24-30-15-8-6-9-16-30)38(25-31-17-13-12-14-28(31)3)35(40)26-39(32-21-20-27(2)29(4)23-32)44(42,43)33-18-10-7-11-19-33/h6-21,23,34H,5,22,24-26H2,1-4H3,(H,37,41)/t34-/m0/s1. The molecule has 1 N–H and O–H groups in total. The largest absolute Gasteiger partial charge is 0.354 e. The van der Waals surface area contributed by atoms with Gasteiger partial charge in [0.05, 0.1) is 10.6 Å². The third-order valence-corrected chi connectivity index (χ3v) is 9.60. The van der Waals surface area contributed by atoms with Gasteiger partial charge in [-0.05, 0) is 79.3 Å². The molecule has 0 unspecified atom stereocenters. The lowest BCUT2D eigenvalue weighted by atomic mass is 10.0. The fraction of sp³-hybridized carbons (Fsp3) is 0.278. The molecule has 0 fully saturated rings. The lowest BCUT2D eigenvalue weighted by Crippen LogP contribution is -2.53. The molecule has 8 heteroatoms. The second-order valence-electron chi connectivity index (χ2n) is 11.0. The van der Waals surface area contributed by atoms with E-state index in [2.05, 4.69) is 5.32 Å². The Morgan fingerprint density at radius 2 is 1.41 bits per heavy atom. The molecule has 44 heavy (non-hydrogen) atoms. The molecule has 230 valence electrons. The third kappa shape index (κ3) is 7.94. The molecular weight excluding hydrogens is 570 g/mol. The highest BCUT2D eigenvalue weighted by Gasteiger charge is 2.34. The number of hydrogen-bond donors (Lipinski definition) is 1. The van der Waals surface area contributed by atoms with Crippen LogP contribution in [0.25, 0.3) is 0 Å². The Hall–Kier alpha value is -4.43. The number of carbonyl (C=O) groups is 2. The van der Waals surface area contributed by atoms with Gasteiger partial charge in [-0.3, -0.25) is 13.9 Å². The number of sulfonamides is 1. The number of hydrogen-bond acceptors (Lipinski definition) is 4. The van der Waals surface area contributed by atoms with Gasteiger partial charge in [-0.2, -0.15) is 0 Å². The van der Waals surface area contributed by atoms with Crippen molar-refractivity contribution in [2.45, 2.75) is 58.0 Å². The van der Waals surface area contributed by atoms with Gasteiger partial charge in [0.1, 0.15) is 12.6 Å². The van der Waals surface area contributed by atoms with E-state index < -0.39 is 28.5 Å². The summed E-state index contributed by atoms with van der Waals surface area (Å²) in [6, 6.07) is 29.9. The van der Waals surface area contributed by atoms with Crippen LogP contribution in [-0.2, 0) is 32.6 Å². The molecule has 7 nitrogen and oxygen atoms in total. The van der Waals surface area contributed by atoms with E-state index >= 15 is 0 Å². The van der Waals surface area contributed by atoms with Gasteiger partial charge >= 0.3 is 0 Å². The highest BCUT2D eigenvalue weighted by atomic mass is 32.2. The van der Waals surface area contributed by atoms with Gasteiger partial charge in [0, 0.05) is 19.5 Å². The molecule has 0 aliphatic rings. The van der Waals surface area contributed by atoms with Crippen LogP contribution in [0.4, 0.5) is 5.69 Å². The van der Waals surface area contributed by atoms with Crippen molar-refractivity contribution >= 4 is 27.5 Å². The Morgan fingerprint density at radius 3 is 2.05 bits per heavy atom. The van der Waals surface area contributed by atoms with Crippen LogP contribution >= 0.6 is 0 Å². The van der Waals surface area contributed by atoms with Gasteiger partial charge in [0.15, 0.2) is 0 Å². The molecule has 0 radical (unpaired) electrons. The maximum absolute atomic E-state index is 14.5. The summed E-state index contributed by atoms with van der Waals surface area (Å²) in [5.41, 5.74) is 5.05. The Kier molecular flexibility index (Phi) is 11.0. The summed E-state index contributed by atoms with van der Waals surface area (Å²) in [6.07, 6.45) is 1.02. The van der Waals surface area contributed by atoms with Crippen molar-refractivity contribution in [2.24, 2.45) is 0 Å². The lowest BCUT2D eigenvalue weighted by molar-refractivity contribution is -0.140. The zero-order valence-electron chi connectivity index (χ0n) is 25.9. The van der Waals surface area contributed by atoms with E-state index in [1.54, 1.807) is 30.3 Å². The van der Waals surface area contributed by atoms with Crippen molar-refractivity contribution in [1.29, 1.82) is 0 Å². The van der Waals surface area contributed by atoms with Crippen molar-refractivity contribution in [1.82, 2.24) is 10.2 Å². The monoisotopic (exact) mass is 611 g/mol. The molecule has 0 spiro atoms. The molecule has 0 aliphatic heterocycles. The number of carbonyl (C=O) groups excluding carboxylic acids is 2. The highest BCUT2D eigenvalue weighted by Crippen LogP contribution is 2.27. The summed E-state index contributed by atoms with van der Waals surface area (Å²) in [4.78, 5) is 29.9. The number of amides is 2. The maximum atomic E-state index is 14.5. The minimum Gasteiger partial charge on any atom is -0.354 e.